The first-order valence-electron chi connectivity index (χ1n) is 8.64. The lowest BCUT2D eigenvalue weighted by Crippen LogP contribution is -2.47. The van der Waals surface area contributed by atoms with Gasteiger partial charge >= 0.3 is 6.03 Å². The predicted molar refractivity (Wildman–Crippen MR) is 97.4 cm³/mol. The zero-order valence-corrected chi connectivity index (χ0v) is 14.8. The standard InChI is InChI=1S/C18H28N4O2/c1-4-22-11-6-5-9-17(22)13-19-18(24)20-15-8-7-10-16(12-15)21(3)14(2)23/h7-8,10,12,17H,4-6,9,11,13H2,1-3H3,(H2,19,20,24)/t17-/m0/s1. The second kappa shape index (κ2) is 8.68. The second-order valence-electron chi connectivity index (χ2n) is 6.24. The van der Waals surface area contributed by atoms with E-state index < -0.39 is 0 Å². The summed E-state index contributed by atoms with van der Waals surface area (Å²) < 4.78 is 0. The molecule has 132 valence electrons. The Morgan fingerprint density at radius 1 is 1.33 bits per heavy atom. The maximum absolute atomic E-state index is 12.1. The summed E-state index contributed by atoms with van der Waals surface area (Å²) in [5.41, 5.74) is 1.43. The predicted octanol–water partition coefficient (Wildman–Crippen LogP) is 2.67. The molecular formula is C18H28N4O2. The molecule has 0 unspecified atom stereocenters. The van der Waals surface area contributed by atoms with Gasteiger partial charge in [0.2, 0.25) is 5.91 Å². The molecule has 24 heavy (non-hydrogen) atoms. The molecule has 1 aliphatic heterocycles. The third-order valence-corrected chi connectivity index (χ3v) is 4.62. The largest absolute Gasteiger partial charge is 0.336 e. The highest BCUT2D eigenvalue weighted by atomic mass is 16.2. The lowest BCUT2D eigenvalue weighted by Gasteiger charge is -2.34. The number of rotatable bonds is 5. The van der Waals surface area contributed by atoms with Crippen molar-refractivity contribution in [1.82, 2.24) is 10.2 Å². The smallest absolute Gasteiger partial charge is 0.319 e. The van der Waals surface area contributed by atoms with Crippen molar-refractivity contribution >= 4 is 23.3 Å². The molecule has 1 saturated heterocycles. The number of amides is 3. The first-order valence-corrected chi connectivity index (χ1v) is 8.64. The summed E-state index contributed by atoms with van der Waals surface area (Å²) in [4.78, 5) is 27.5. The van der Waals surface area contributed by atoms with Gasteiger partial charge in [0.1, 0.15) is 0 Å². The van der Waals surface area contributed by atoms with Gasteiger partial charge in [-0.15, -0.1) is 0 Å². The summed E-state index contributed by atoms with van der Waals surface area (Å²) in [6.07, 6.45) is 3.60. The molecule has 0 radical (unpaired) electrons. The van der Waals surface area contributed by atoms with Crippen molar-refractivity contribution in [3.63, 3.8) is 0 Å². The highest BCUT2D eigenvalue weighted by molar-refractivity contribution is 5.93. The van der Waals surface area contributed by atoms with Crippen LogP contribution in [0.2, 0.25) is 0 Å². The fraction of sp³-hybridized carbons (Fsp3) is 0.556. The lowest BCUT2D eigenvalue weighted by molar-refractivity contribution is -0.116. The Morgan fingerprint density at radius 2 is 2.12 bits per heavy atom. The Morgan fingerprint density at radius 3 is 2.83 bits per heavy atom. The number of likely N-dealkylation sites (N-methyl/N-ethyl adjacent to an activating group) is 1. The van der Waals surface area contributed by atoms with E-state index in [1.165, 1.54) is 19.8 Å². The number of piperidine rings is 1. The molecule has 1 aromatic rings. The summed E-state index contributed by atoms with van der Waals surface area (Å²) in [6, 6.07) is 7.48. The van der Waals surface area contributed by atoms with Gasteiger partial charge < -0.3 is 15.5 Å². The van der Waals surface area contributed by atoms with Gasteiger partial charge in [0, 0.05) is 37.9 Å². The molecule has 1 atom stereocenters. The summed E-state index contributed by atoms with van der Waals surface area (Å²) in [5.74, 6) is -0.0476. The quantitative estimate of drug-likeness (QED) is 0.871. The van der Waals surface area contributed by atoms with Gasteiger partial charge in [-0.1, -0.05) is 19.4 Å². The number of nitrogens with zero attached hydrogens (tertiary/aromatic N) is 2. The zero-order chi connectivity index (χ0) is 17.5. The van der Waals surface area contributed by atoms with E-state index in [-0.39, 0.29) is 11.9 Å². The molecular weight excluding hydrogens is 304 g/mol. The molecule has 0 spiro atoms. The van der Waals surface area contributed by atoms with Crippen LogP contribution in [0.1, 0.15) is 33.1 Å². The Balaban J connectivity index is 1.88. The molecule has 1 heterocycles. The number of carbonyl (C=O) groups is 2. The Kier molecular flexibility index (Phi) is 6.61. The van der Waals surface area contributed by atoms with Crippen molar-refractivity contribution < 1.29 is 9.59 Å². The average Bonchev–Trinajstić information content (AvgIpc) is 2.59. The number of anilines is 2. The highest BCUT2D eigenvalue weighted by Crippen LogP contribution is 2.19. The minimum absolute atomic E-state index is 0.0476. The third kappa shape index (κ3) is 4.96. The summed E-state index contributed by atoms with van der Waals surface area (Å²) in [7, 11) is 1.71. The zero-order valence-electron chi connectivity index (χ0n) is 14.8. The average molecular weight is 332 g/mol. The first kappa shape index (κ1) is 18.3. The van der Waals surface area contributed by atoms with E-state index in [1.54, 1.807) is 18.0 Å². The van der Waals surface area contributed by atoms with Crippen LogP contribution in [0.5, 0.6) is 0 Å². The Labute approximate surface area is 144 Å². The maximum Gasteiger partial charge on any atom is 0.319 e. The molecule has 1 fully saturated rings. The monoisotopic (exact) mass is 332 g/mol. The Bertz CT molecular complexity index is 576. The number of hydrogen-bond donors (Lipinski definition) is 2. The molecule has 3 amide bonds. The van der Waals surface area contributed by atoms with Crippen LogP contribution < -0.4 is 15.5 Å². The number of urea groups is 1. The van der Waals surface area contributed by atoms with Crippen molar-refractivity contribution in [2.75, 3.05) is 36.9 Å². The molecule has 1 aromatic carbocycles. The number of carbonyl (C=O) groups excluding carboxylic acids is 2. The van der Waals surface area contributed by atoms with Crippen LogP contribution in [0.3, 0.4) is 0 Å². The van der Waals surface area contributed by atoms with Gasteiger partial charge in [0.25, 0.3) is 0 Å². The molecule has 6 nitrogen and oxygen atoms in total. The molecule has 0 bridgehead atoms. The third-order valence-electron chi connectivity index (χ3n) is 4.62. The van der Waals surface area contributed by atoms with E-state index >= 15 is 0 Å². The van der Waals surface area contributed by atoms with Crippen molar-refractivity contribution in [3.05, 3.63) is 24.3 Å². The highest BCUT2D eigenvalue weighted by Gasteiger charge is 2.21. The molecule has 0 saturated carbocycles. The van der Waals surface area contributed by atoms with Crippen molar-refractivity contribution in [3.8, 4) is 0 Å². The molecule has 6 heteroatoms. The minimum Gasteiger partial charge on any atom is -0.336 e. The van der Waals surface area contributed by atoms with E-state index in [1.807, 2.05) is 18.2 Å². The molecule has 1 aliphatic rings. The topological polar surface area (TPSA) is 64.7 Å². The van der Waals surface area contributed by atoms with Crippen LogP contribution in [-0.4, -0.2) is 49.6 Å². The first-order chi connectivity index (χ1) is 11.5. The van der Waals surface area contributed by atoms with Crippen molar-refractivity contribution in [2.45, 2.75) is 39.2 Å². The molecule has 0 aliphatic carbocycles. The fourth-order valence-electron chi connectivity index (χ4n) is 3.07. The van der Waals surface area contributed by atoms with Crippen LogP contribution in [0.25, 0.3) is 0 Å². The SMILES string of the molecule is CCN1CCCC[C@H]1CNC(=O)Nc1cccc(N(C)C(C)=O)c1. The molecule has 2 N–H and O–H groups in total. The summed E-state index contributed by atoms with van der Waals surface area (Å²) in [6.45, 7) is 6.47. The fourth-order valence-corrected chi connectivity index (χ4v) is 3.07. The van der Waals surface area contributed by atoms with Crippen LogP contribution in [0, 0.1) is 0 Å². The van der Waals surface area contributed by atoms with Crippen LogP contribution in [0.15, 0.2) is 24.3 Å². The normalized spacial score (nSPS) is 18.0. The minimum atomic E-state index is -0.209. The van der Waals surface area contributed by atoms with Gasteiger partial charge in [0.15, 0.2) is 0 Å². The molecule has 0 aromatic heterocycles. The van der Waals surface area contributed by atoms with E-state index in [2.05, 4.69) is 22.5 Å². The maximum atomic E-state index is 12.1. The van der Waals surface area contributed by atoms with E-state index in [0.29, 0.717) is 18.3 Å². The number of benzene rings is 1. The van der Waals surface area contributed by atoms with Gasteiger partial charge in [-0.3, -0.25) is 9.69 Å². The van der Waals surface area contributed by atoms with Crippen molar-refractivity contribution in [2.24, 2.45) is 0 Å². The van der Waals surface area contributed by atoms with Crippen LogP contribution in [0.4, 0.5) is 16.2 Å². The van der Waals surface area contributed by atoms with E-state index in [9.17, 15) is 9.59 Å². The van der Waals surface area contributed by atoms with Gasteiger partial charge in [0.05, 0.1) is 0 Å². The van der Waals surface area contributed by atoms with E-state index in [0.717, 1.165) is 25.2 Å². The van der Waals surface area contributed by atoms with Crippen LogP contribution in [-0.2, 0) is 4.79 Å². The lowest BCUT2D eigenvalue weighted by atomic mass is 10.0. The molecule has 2 rings (SSSR count). The van der Waals surface area contributed by atoms with Crippen molar-refractivity contribution in [1.29, 1.82) is 0 Å². The van der Waals surface area contributed by atoms with Gasteiger partial charge in [-0.25, -0.2) is 4.79 Å². The number of likely N-dealkylation sites (tertiary alicyclic amines) is 1. The summed E-state index contributed by atoms with van der Waals surface area (Å²) >= 11 is 0. The van der Waals surface area contributed by atoms with Gasteiger partial charge in [-0.05, 0) is 44.1 Å². The van der Waals surface area contributed by atoms with Crippen LogP contribution >= 0.6 is 0 Å². The van der Waals surface area contributed by atoms with Gasteiger partial charge in [-0.2, -0.15) is 0 Å². The second-order valence-corrected chi connectivity index (χ2v) is 6.24. The Hall–Kier alpha value is -2.08. The number of nitrogens with one attached hydrogen (secondary N) is 2. The summed E-state index contributed by atoms with van der Waals surface area (Å²) in [5, 5.41) is 5.81. The van der Waals surface area contributed by atoms with E-state index in [4.69, 9.17) is 0 Å². The number of hydrogen-bond acceptors (Lipinski definition) is 3.